The first-order valence-corrected chi connectivity index (χ1v) is 12.2. The number of carbonyl (C=O) groups excluding carboxylic acids is 2. The summed E-state index contributed by atoms with van der Waals surface area (Å²) >= 11 is 17.0. The molecule has 0 radical (unpaired) electrons. The van der Waals surface area contributed by atoms with Gasteiger partial charge in [-0.1, -0.05) is 39.1 Å². The van der Waals surface area contributed by atoms with Crippen LogP contribution in [0.1, 0.15) is 9.67 Å². The number of nitro groups is 1. The highest BCUT2D eigenvalue weighted by Crippen LogP contribution is 2.38. The van der Waals surface area contributed by atoms with Gasteiger partial charge in [-0.25, -0.2) is 0 Å². The van der Waals surface area contributed by atoms with E-state index in [0.717, 1.165) is 15.8 Å². The highest BCUT2D eigenvalue weighted by molar-refractivity contribution is 9.10. The average Bonchev–Trinajstić information content (AvgIpc) is 3.11. The molecule has 1 fully saturated rings. The molecule has 0 aliphatic carbocycles. The van der Waals surface area contributed by atoms with Gasteiger partial charge in [0.05, 0.1) is 27.2 Å². The monoisotopic (exact) mass is 570 g/mol. The van der Waals surface area contributed by atoms with E-state index in [1.165, 1.54) is 12.1 Å². The predicted octanol–water partition coefficient (Wildman–Crippen LogP) is 5.28. The molecule has 1 aliphatic heterocycles. The third kappa shape index (κ3) is 5.30. The van der Waals surface area contributed by atoms with E-state index in [9.17, 15) is 19.7 Å². The van der Waals surface area contributed by atoms with Crippen molar-refractivity contribution in [2.45, 2.75) is 0 Å². The van der Waals surface area contributed by atoms with Crippen LogP contribution in [-0.2, 0) is 4.79 Å². The van der Waals surface area contributed by atoms with Crippen molar-refractivity contribution in [2.75, 3.05) is 38.0 Å². The van der Waals surface area contributed by atoms with Crippen molar-refractivity contribution >= 4 is 83.7 Å². The van der Waals surface area contributed by atoms with Gasteiger partial charge in [0.2, 0.25) is 5.91 Å². The van der Waals surface area contributed by atoms with Gasteiger partial charge in [-0.15, -0.1) is 11.3 Å². The van der Waals surface area contributed by atoms with Gasteiger partial charge in [-0.05, 0) is 24.3 Å². The number of hydrogen-bond acceptors (Lipinski definition) is 6. The molecule has 1 N–H and O–H groups in total. The van der Waals surface area contributed by atoms with E-state index < -0.39 is 4.92 Å². The number of nitrogens with zero attached hydrogens (tertiary/aromatic N) is 3. The van der Waals surface area contributed by atoms with Gasteiger partial charge in [0, 0.05) is 52.9 Å². The van der Waals surface area contributed by atoms with E-state index in [-0.39, 0.29) is 24.0 Å². The molecule has 12 heteroatoms. The van der Waals surface area contributed by atoms with Gasteiger partial charge in [-0.2, -0.15) is 0 Å². The first kappa shape index (κ1) is 23.9. The summed E-state index contributed by atoms with van der Waals surface area (Å²) < 4.78 is 1.42. The Morgan fingerprint density at radius 2 is 1.85 bits per heavy atom. The smallest absolute Gasteiger partial charge is 0.270 e. The molecule has 0 spiro atoms. The Morgan fingerprint density at radius 1 is 1.12 bits per heavy atom. The number of amides is 2. The second-order valence-corrected chi connectivity index (χ2v) is 10.2. The van der Waals surface area contributed by atoms with Crippen LogP contribution in [0.3, 0.4) is 0 Å². The zero-order chi connectivity index (χ0) is 23.7. The molecule has 0 saturated carbocycles. The number of nitro benzene ring substituents is 1. The molecule has 0 atom stereocenters. The van der Waals surface area contributed by atoms with Crippen LogP contribution in [0.25, 0.3) is 10.1 Å². The largest absolute Gasteiger partial charge is 0.335 e. The number of rotatable bonds is 5. The quantitative estimate of drug-likeness (QED) is 0.332. The number of non-ortho nitro benzene ring substituents is 1. The fraction of sp³-hybridized carbons (Fsp3) is 0.238. The van der Waals surface area contributed by atoms with E-state index in [1.807, 2.05) is 4.90 Å². The molecule has 8 nitrogen and oxygen atoms in total. The van der Waals surface area contributed by atoms with E-state index in [4.69, 9.17) is 23.2 Å². The topological polar surface area (TPSA) is 95.8 Å². The summed E-state index contributed by atoms with van der Waals surface area (Å²) in [6.45, 7) is 2.12. The number of carbonyl (C=O) groups is 2. The molecule has 1 aromatic heterocycles. The maximum absolute atomic E-state index is 13.0. The molecule has 2 heterocycles. The predicted molar refractivity (Wildman–Crippen MR) is 134 cm³/mol. The fourth-order valence-corrected chi connectivity index (χ4v) is 5.77. The van der Waals surface area contributed by atoms with Gasteiger partial charge < -0.3 is 10.2 Å². The van der Waals surface area contributed by atoms with Gasteiger partial charge in [0.15, 0.2) is 0 Å². The van der Waals surface area contributed by atoms with E-state index in [1.54, 1.807) is 29.2 Å². The maximum atomic E-state index is 13.0. The highest BCUT2D eigenvalue weighted by atomic mass is 79.9. The second kappa shape index (κ2) is 9.94. The molecule has 0 bridgehead atoms. The number of halogens is 3. The van der Waals surface area contributed by atoms with Crippen LogP contribution in [0.15, 0.2) is 40.9 Å². The number of hydrogen-bond donors (Lipinski definition) is 1. The SMILES string of the molecule is O=C(CN1CCN(C(=O)c2sc3cc([N+](=O)[O-])ccc3c2Cl)CC1)Nc1ccc(Br)cc1Cl. The molecular formula is C21H17BrCl2N4O4S. The van der Waals surface area contributed by atoms with E-state index >= 15 is 0 Å². The summed E-state index contributed by atoms with van der Waals surface area (Å²) in [6, 6.07) is 9.60. The minimum Gasteiger partial charge on any atom is -0.335 e. The molecular weight excluding hydrogens is 555 g/mol. The Labute approximate surface area is 211 Å². The Kier molecular flexibility index (Phi) is 7.20. The fourth-order valence-electron chi connectivity index (χ4n) is 3.54. The molecule has 1 saturated heterocycles. The Morgan fingerprint density at radius 3 is 2.52 bits per heavy atom. The standard InChI is InChI=1S/C21H17BrCl2N4O4S/c22-12-1-4-16(15(23)9-12)25-18(29)11-26-5-7-27(8-6-26)21(30)20-19(24)14-3-2-13(28(31)32)10-17(14)33-20/h1-4,9-10H,5-8,11H2,(H,25,29). The Hall–Kier alpha value is -2.24. The first-order chi connectivity index (χ1) is 15.7. The molecule has 0 unspecified atom stereocenters. The number of benzene rings is 2. The van der Waals surface area contributed by atoms with Crippen molar-refractivity contribution in [3.8, 4) is 0 Å². The third-order valence-electron chi connectivity index (χ3n) is 5.25. The molecule has 4 rings (SSSR count). The average molecular weight is 572 g/mol. The van der Waals surface area contributed by atoms with Crippen LogP contribution in [0, 0.1) is 10.1 Å². The van der Waals surface area contributed by atoms with Crippen molar-refractivity contribution in [1.82, 2.24) is 9.80 Å². The van der Waals surface area contributed by atoms with Crippen LogP contribution in [0.5, 0.6) is 0 Å². The van der Waals surface area contributed by atoms with E-state index in [0.29, 0.717) is 56.9 Å². The summed E-state index contributed by atoms with van der Waals surface area (Å²) in [5, 5.41) is 15.2. The van der Waals surface area contributed by atoms with Crippen LogP contribution in [-0.4, -0.2) is 59.3 Å². The summed E-state index contributed by atoms with van der Waals surface area (Å²) in [6.07, 6.45) is 0. The van der Waals surface area contributed by atoms with Crippen LogP contribution < -0.4 is 5.32 Å². The van der Waals surface area contributed by atoms with Crippen molar-refractivity contribution in [3.63, 3.8) is 0 Å². The van der Waals surface area contributed by atoms with Crippen LogP contribution >= 0.6 is 50.5 Å². The molecule has 3 aromatic rings. The highest BCUT2D eigenvalue weighted by Gasteiger charge is 2.27. The van der Waals surface area contributed by atoms with Gasteiger partial charge in [0.1, 0.15) is 4.88 Å². The summed E-state index contributed by atoms with van der Waals surface area (Å²) in [7, 11) is 0. The molecule has 1 aliphatic rings. The number of piperazine rings is 1. The lowest BCUT2D eigenvalue weighted by atomic mass is 10.2. The van der Waals surface area contributed by atoms with Crippen molar-refractivity contribution in [3.05, 3.63) is 65.9 Å². The minimum absolute atomic E-state index is 0.0456. The lowest BCUT2D eigenvalue weighted by Gasteiger charge is -2.34. The summed E-state index contributed by atoms with van der Waals surface area (Å²) in [5.41, 5.74) is 0.494. The molecule has 2 aromatic carbocycles. The lowest BCUT2D eigenvalue weighted by molar-refractivity contribution is -0.384. The van der Waals surface area contributed by atoms with Crippen LogP contribution in [0.2, 0.25) is 10.0 Å². The number of anilines is 1. The summed E-state index contributed by atoms with van der Waals surface area (Å²) in [4.78, 5) is 40.0. The normalized spacial score (nSPS) is 14.5. The third-order valence-corrected chi connectivity index (χ3v) is 7.70. The number of fused-ring (bicyclic) bond motifs is 1. The van der Waals surface area contributed by atoms with E-state index in [2.05, 4.69) is 21.2 Å². The van der Waals surface area contributed by atoms with Gasteiger partial charge in [-0.3, -0.25) is 24.6 Å². The lowest BCUT2D eigenvalue weighted by Crippen LogP contribution is -2.50. The minimum atomic E-state index is -0.478. The number of thiophene rings is 1. The Bertz CT molecular complexity index is 1260. The number of nitrogens with one attached hydrogen (secondary N) is 1. The maximum Gasteiger partial charge on any atom is 0.270 e. The molecule has 2 amide bonds. The van der Waals surface area contributed by atoms with Crippen molar-refractivity contribution in [2.24, 2.45) is 0 Å². The molecule has 33 heavy (non-hydrogen) atoms. The van der Waals surface area contributed by atoms with Crippen molar-refractivity contribution < 1.29 is 14.5 Å². The van der Waals surface area contributed by atoms with Crippen molar-refractivity contribution in [1.29, 1.82) is 0 Å². The first-order valence-electron chi connectivity index (χ1n) is 9.86. The zero-order valence-corrected chi connectivity index (χ0v) is 20.9. The molecule has 172 valence electrons. The van der Waals surface area contributed by atoms with Crippen LogP contribution in [0.4, 0.5) is 11.4 Å². The summed E-state index contributed by atoms with van der Waals surface area (Å²) in [5.74, 6) is -0.400. The zero-order valence-electron chi connectivity index (χ0n) is 17.0. The van der Waals surface area contributed by atoms with Gasteiger partial charge in [0.25, 0.3) is 11.6 Å². The second-order valence-electron chi connectivity index (χ2n) is 7.42. The Balaban J connectivity index is 1.36. The van der Waals surface area contributed by atoms with Gasteiger partial charge >= 0.3 is 0 Å².